The molecule has 0 bridgehead atoms. The Morgan fingerprint density at radius 2 is 0.422 bits per heavy atom. The van der Waals surface area contributed by atoms with Crippen molar-refractivity contribution in [2.24, 2.45) is 0 Å². The van der Waals surface area contributed by atoms with Crippen molar-refractivity contribution in [2.45, 2.75) is 270 Å². The molecule has 0 aromatic carbocycles. The lowest BCUT2D eigenvalue weighted by atomic mass is 9.89. The van der Waals surface area contributed by atoms with E-state index in [2.05, 4.69) is 0 Å². The van der Waals surface area contributed by atoms with Gasteiger partial charge in [0.25, 0.3) is 0 Å². The van der Waals surface area contributed by atoms with Gasteiger partial charge in [-0.25, -0.2) is 0 Å². The van der Waals surface area contributed by atoms with E-state index in [-0.39, 0.29) is 19.4 Å². The van der Waals surface area contributed by atoms with E-state index in [1.165, 1.54) is 0 Å². The van der Waals surface area contributed by atoms with E-state index in [0.717, 1.165) is 111 Å². The molecule has 0 aliphatic carbocycles. The predicted octanol–water partition coefficient (Wildman–Crippen LogP) is 0.237. The lowest BCUT2D eigenvalue weighted by Gasteiger charge is -2.55. The summed E-state index contributed by atoms with van der Waals surface area (Å²) in [6.07, 6.45) is -32.7. The molecule has 0 unspecified atom stereocenters. The predicted molar refractivity (Wildman–Crippen MR) is 346 cm³/mol. The van der Waals surface area contributed by atoms with Gasteiger partial charge < -0.3 is 118 Å². The summed E-state index contributed by atoms with van der Waals surface area (Å²) < 4.78 is 154. The van der Waals surface area contributed by atoms with Crippen LogP contribution in [0.4, 0.5) is 0 Å². The van der Waals surface area contributed by atoms with Gasteiger partial charge in [-0.05, 0) is 12.8 Å². The van der Waals surface area contributed by atoms with Gasteiger partial charge >= 0.3 is 95.5 Å². The Balaban J connectivity index is 2.13. The molecule has 0 saturated carbocycles. The Morgan fingerprint density at radius 3 is 0.642 bits per heavy atom. The molecule has 4 spiro atoms. The second-order valence-corrected chi connectivity index (χ2v) is 25.7. The zero-order valence-electron chi connectivity index (χ0n) is 63.3. The summed E-state index contributed by atoms with van der Waals surface area (Å²) in [6.45, 7) is 3.90. The second-order valence-electron chi connectivity index (χ2n) is 25.7. The Labute approximate surface area is 625 Å². The molecule has 0 radical (unpaired) electrons. The summed E-state index contributed by atoms with van der Waals surface area (Å²) in [5, 5.41) is 0. The van der Waals surface area contributed by atoms with Crippen molar-refractivity contribution < 1.29 is 195 Å². The maximum absolute atomic E-state index is 14.1. The molecule has 0 aromatic heterocycles. The monoisotopic (exact) mass is 1570 g/mol. The van der Waals surface area contributed by atoms with Crippen molar-refractivity contribution in [3.8, 4) is 0 Å². The molecule has 41 heteroatoms. The average Bonchev–Trinajstić information content (AvgIpc) is 0.756. The van der Waals surface area contributed by atoms with E-state index < -0.39 is 276 Å². The lowest BCUT2D eigenvalue weighted by Crippen LogP contribution is -2.75. The van der Waals surface area contributed by atoms with E-state index in [1.54, 1.807) is 0 Å². The zero-order valence-corrected chi connectivity index (χ0v) is 63.3. The quantitative estimate of drug-likeness (QED) is 0.116. The topological polar surface area (TPSA) is 504 Å². The first-order chi connectivity index (χ1) is 51.1. The smallest absolute Gasteiger partial charge is 0.303 e. The minimum absolute atomic E-state index is 0.0589. The molecule has 0 N–H and O–H groups in total. The van der Waals surface area contributed by atoms with E-state index in [0.29, 0.717) is 25.7 Å². The summed E-state index contributed by atoms with van der Waals surface area (Å²) in [5.74, 6) is -31.1. The van der Waals surface area contributed by atoms with E-state index in [4.69, 9.17) is 118 Å². The fraction of sp³-hybridized carbons (Fsp3) is 0.765. The molecule has 614 valence electrons. The standard InChI is InChI=1S/C68H96O41/c1-33(69)86-25-49-53(94-37(5)73)57(98-41(9)77)61(102-45(13)81)65(106-49)29-85-23-21-19-17-18-20-22-24-90-66(62(103-46(14)82)58(99-42(10)78)54(95-38(6)74)50(107-66)26-87-34(2)70)30-92-68(64(105-48(16)84)60(101-44(12)80)56(97-40(8)76)52(109-68)28-89-36(4)72)32-93-67(31-91-65)63(104-47(15)83)59(100-43(11)79)55(96-39(7)75)51(108-67)27-88-35(3)71/h49-64H,17-32H2,1-16H3/t49-,50-,51-,52-,53+,54+,55+,56+,57+,58+,59+,60+,61-,62-,63-,64-,65+,66+,67+,68+/m1/s1. The maximum Gasteiger partial charge on any atom is 0.303 e. The molecule has 41 nitrogen and oxygen atoms in total. The fourth-order valence-electron chi connectivity index (χ4n) is 12.6. The van der Waals surface area contributed by atoms with Gasteiger partial charge in [0.2, 0.25) is 23.1 Å². The highest BCUT2D eigenvalue weighted by molar-refractivity contribution is 5.73. The molecule has 5 rings (SSSR count). The molecule has 5 saturated heterocycles. The van der Waals surface area contributed by atoms with Crippen LogP contribution < -0.4 is 0 Å². The summed E-state index contributed by atoms with van der Waals surface area (Å²) in [7, 11) is 0. The Kier molecular flexibility index (Phi) is 34.4. The Bertz CT molecular complexity index is 3050. The molecule has 5 heterocycles. The third-order valence-corrected chi connectivity index (χ3v) is 16.4. The average molecular weight is 1570 g/mol. The van der Waals surface area contributed by atoms with Crippen molar-refractivity contribution >= 4 is 95.5 Å². The van der Waals surface area contributed by atoms with Crippen LogP contribution in [-0.2, 0) is 195 Å². The van der Waals surface area contributed by atoms with Crippen LogP contribution >= 0.6 is 0 Å². The third-order valence-electron chi connectivity index (χ3n) is 16.4. The van der Waals surface area contributed by atoms with Crippen LogP contribution in [0.2, 0.25) is 0 Å². The van der Waals surface area contributed by atoms with Crippen molar-refractivity contribution in [2.75, 3.05) is 66.1 Å². The molecule has 0 aromatic rings. The summed E-state index contributed by atoms with van der Waals surface area (Å²) in [6, 6.07) is 0. The molecule has 5 aliphatic heterocycles. The third kappa shape index (κ3) is 26.4. The van der Waals surface area contributed by atoms with Gasteiger partial charge in [0, 0.05) is 117 Å². The van der Waals surface area contributed by atoms with Crippen LogP contribution in [0, 0.1) is 0 Å². The number of carbonyl (C=O) groups excluding carboxylic acids is 16. The zero-order chi connectivity index (χ0) is 81.5. The molecule has 109 heavy (non-hydrogen) atoms. The molecule has 0 amide bonds. The van der Waals surface area contributed by atoms with Crippen LogP contribution in [0.15, 0.2) is 0 Å². The van der Waals surface area contributed by atoms with Crippen molar-refractivity contribution in [3.63, 3.8) is 0 Å². The van der Waals surface area contributed by atoms with Crippen molar-refractivity contribution in [1.29, 1.82) is 0 Å². The van der Waals surface area contributed by atoms with Crippen molar-refractivity contribution in [1.82, 2.24) is 0 Å². The van der Waals surface area contributed by atoms with Crippen molar-refractivity contribution in [3.05, 3.63) is 0 Å². The Morgan fingerprint density at radius 1 is 0.229 bits per heavy atom. The number of esters is 16. The van der Waals surface area contributed by atoms with Gasteiger partial charge in [-0.15, -0.1) is 0 Å². The van der Waals surface area contributed by atoms with E-state index in [9.17, 15) is 76.7 Å². The number of rotatable bonds is 20. The Hall–Kier alpha value is -8.84. The summed E-state index contributed by atoms with van der Waals surface area (Å²) in [5.41, 5.74) is 0. The molecule has 5 aliphatic rings. The minimum atomic E-state index is -3.41. The normalized spacial score (nSPS) is 32.5. The number of hydrogen-bond donors (Lipinski definition) is 0. The molecular formula is C68H96O41. The van der Waals surface area contributed by atoms with Crippen LogP contribution in [0.3, 0.4) is 0 Å². The minimum Gasteiger partial charge on any atom is -0.463 e. The summed E-state index contributed by atoms with van der Waals surface area (Å²) in [4.78, 5) is 215. The SMILES string of the molecule is CC(=O)OC[C@H]1O[C@@]2(COCCCCCCCCO[C@@]3(CO[C@@]4(CO[C@@]5(CO2)O[C@H](COC(C)=O)[C@H](OC(C)=O)[C@H](OC(C)=O)[C@H]5OC(C)=O)O[C@H](COC(C)=O)[C@H](OC(C)=O)[C@H](OC(C)=O)[C@H]4OC(C)=O)O[C@H](COC(C)=O)[C@H](OC(C)=O)[C@H](OC(C)=O)[C@H]3OC(C)=O)[C@H](OC(C)=O)[C@@H](OC(C)=O)[C@H]1OC(C)=O. The highest BCUT2D eigenvalue weighted by Gasteiger charge is 2.70. The molecule has 5 fully saturated rings. The van der Waals surface area contributed by atoms with Gasteiger partial charge in [-0.2, -0.15) is 0 Å². The number of hydrogen-bond acceptors (Lipinski definition) is 41. The largest absolute Gasteiger partial charge is 0.463 e. The van der Waals surface area contributed by atoms with E-state index in [1.807, 2.05) is 0 Å². The first-order valence-electron chi connectivity index (χ1n) is 34.5. The highest BCUT2D eigenvalue weighted by atomic mass is 16.8. The van der Waals surface area contributed by atoms with Crippen LogP contribution in [0.5, 0.6) is 0 Å². The van der Waals surface area contributed by atoms with Crippen LogP contribution in [0.25, 0.3) is 0 Å². The fourth-order valence-corrected chi connectivity index (χ4v) is 12.6. The second kappa shape index (κ2) is 41.3. The van der Waals surface area contributed by atoms with Gasteiger partial charge in [-0.1, -0.05) is 25.7 Å². The first kappa shape index (κ1) is 90.8. The van der Waals surface area contributed by atoms with Gasteiger partial charge in [0.1, 0.15) is 77.3 Å². The lowest BCUT2D eigenvalue weighted by molar-refractivity contribution is -0.447. The molecular weight excluding hydrogens is 1470 g/mol. The van der Waals surface area contributed by atoms with Crippen LogP contribution in [0.1, 0.15) is 149 Å². The van der Waals surface area contributed by atoms with E-state index >= 15 is 0 Å². The van der Waals surface area contributed by atoms with Gasteiger partial charge in [0.15, 0.2) is 73.2 Å². The van der Waals surface area contributed by atoms with Gasteiger partial charge in [-0.3, -0.25) is 76.7 Å². The highest BCUT2D eigenvalue weighted by Crippen LogP contribution is 2.47. The molecule has 20 atom stereocenters. The number of ether oxygens (including phenoxy) is 25. The summed E-state index contributed by atoms with van der Waals surface area (Å²) >= 11 is 0. The first-order valence-corrected chi connectivity index (χ1v) is 34.5. The number of carbonyl (C=O) groups is 16. The van der Waals surface area contributed by atoms with Crippen LogP contribution in [-0.4, -0.2) is 282 Å². The van der Waals surface area contributed by atoms with Gasteiger partial charge in [0.05, 0.1) is 6.61 Å². The maximum atomic E-state index is 14.1.